The van der Waals surface area contributed by atoms with Crippen LogP contribution in [0.3, 0.4) is 0 Å². The number of benzene rings is 2. The molecule has 3 aromatic rings. The van der Waals surface area contributed by atoms with E-state index < -0.39 is 5.97 Å². The number of thiazole rings is 1. The highest BCUT2D eigenvalue weighted by Crippen LogP contribution is 2.30. The summed E-state index contributed by atoms with van der Waals surface area (Å²) in [5.41, 5.74) is 2.20. The fourth-order valence-corrected chi connectivity index (χ4v) is 2.95. The summed E-state index contributed by atoms with van der Waals surface area (Å²) in [7, 11) is 0. The Hall–Kier alpha value is -2.66. The Morgan fingerprint density at radius 2 is 1.68 bits per heavy atom. The van der Waals surface area contributed by atoms with Gasteiger partial charge in [0.2, 0.25) is 0 Å². The van der Waals surface area contributed by atoms with Gasteiger partial charge in [-0.3, -0.25) is 0 Å². The molecule has 0 aliphatic carbocycles. The molecule has 0 saturated carbocycles. The predicted octanol–water partition coefficient (Wildman–Crippen LogP) is 4.18. The lowest BCUT2D eigenvalue weighted by Gasteiger charge is -2.22. The first kappa shape index (κ1) is 14.3. The van der Waals surface area contributed by atoms with E-state index >= 15 is 0 Å². The van der Waals surface area contributed by atoms with Crippen molar-refractivity contribution in [1.29, 1.82) is 0 Å². The Labute approximate surface area is 132 Å². The molecule has 0 aliphatic heterocycles. The third kappa shape index (κ3) is 3.15. The summed E-state index contributed by atoms with van der Waals surface area (Å²) in [5.74, 6) is -1.00. The first-order valence-corrected chi connectivity index (χ1v) is 7.67. The molecule has 22 heavy (non-hydrogen) atoms. The van der Waals surface area contributed by atoms with E-state index in [0.717, 1.165) is 11.3 Å². The van der Waals surface area contributed by atoms with Crippen LogP contribution in [0.25, 0.3) is 0 Å². The molecule has 0 radical (unpaired) electrons. The number of para-hydroxylation sites is 1. The summed E-state index contributed by atoms with van der Waals surface area (Å²) in [6.07, 6.45) is 0. The second kappa shape index (κ2) is 6.41. The molecule has 1 aromatic heterocycles. The molecular formula is C17H14N2O2S. The summed E-state index contributed by atoms with van der Waals surface area (Å²) < 4.78 is 0. The molecule has 1 N–H and O–H groups in total. The Balaban J connectivity index is 1.97. The van der Waals surface area contributed by atoms with Crippen molar-refractivity contribution in [2.45, 2.75) is 6.54 Å². The average molecular weight is 310 g/mol. The van der Waals surface area contributed by atoms with Crippen molar-refractivity contribution >= 4 is 28.1 Å². The van der Waals surface area contributed by atoms with E-state index in [1.54, 1.807) is 5.38 Å². The van der Waals surface area contributed by atoms with Gasteiger partial charge in [0.05, 0.1) is 6.54 Å². The maximum Gasteiger partial charge on any atom is 0.355 e. The SMILES string of the molecule is O=C(O)c1csc(N(Cc2ccccc2)c2ccccc2)n1. The second-order valence-electron chi connectivity index (χ2n) is 4.73. The summed E-state index contributed by atoms with van der Waals surface area (Å²) in [4.78, 5) is 17.3. The number of carboxylic acids is 1. The molecule has 0 amide bonds. The highest BCUT2D eigenvalue weighted by Gasteiger charge is 2.16. The van der Waals surface area contributed by atoms with Crippen molar-refractivity contribution in [3.63, 3.8) is 0 Å². The Kier molecular flexibility index (Phi) is 4.16. The van der Waals surface area contributed by atoms with Crippen molar-refractivity contribution in [2.75, 3.05) is 4.90 Å². The number of aromatic nitrogens is 1. The van der Waals surface area contributed by atoms with Crippen LogP contribution in [0.5, 0.6) is 0 Å². The molecule has 0 saturated heterocycles. The van der Waals surface area contributed by atoms with Crippen LogP contribution in [0.15, 0.2) is 66.0 Å². The van der Waals surface area contributed by atoms with Gasteiger partial charge in [0.25, 0.3) is 0 Å². The van der Waals surface area contributed by atoms with Gasteiger partial charge < -0.3 is 10.0 Å². The Morgan fingerprint density at radius 3 is 2.27 bits per heavy atom. The smallest absolute Gasteiger partial charge is 0.355 e. The first-order valence-electron chi connectivity index (χ1n) is 6.79. The third-order valence-corrected chi connectivity index (χ3v) is 4.06. The molecule has 1 heterocycles. The van der Waals surface area contributed by atoms with Gasteiger partial charge in [-0.25, -0.2) is 9.78 Å². The van der Waals surface area contributed by atoms with Crippen LogP contribution < -0.4 is 4.90 Å². The van der Waals surface area contributed by atoms with Crippen LogP contribution in [-0.4, -0.2) is 16.1 Å². The van der Waals surface area contributed by atoms with Gasteiger partial charge in [-0.15, -0.1) is 11.3 Å². The van der Waals surface area contributed by atoms with Crippen LogP contribution in [-0.2, 0) is 6.54 Å². The van der Waals surface area contributed by atoms with Crippen LogP contribution >= 0.6 is 11.3 Å². The van der Waals surface area contributed by atoms with Gasteiger partial charge in [-0.2, -0.15) is 0 Å². The highest BCUT2D eigenvalue weighted by molar-refractivity contribution is 7.14. The summed E-state index contributed by atoms with van der Waals surface area (Å²) in [6, 6.07) is 19.9. The van der Waals surface area contributed by atoms with Gasteiger partial charge in [0.1, 0.15) is 0 Å². The number of rotatable bonds is 5. The monoisotopic (exact) mass is 310 g/mol. The zero-order chi connectivity index (χ0) is 15.4. The molecule has 0 atom stereocenters. The molecule has 4 nitrogen and oxygen atoms in total. The lowest BCUT2D eigenvalue weighted by atomic mass is 10.2. The third-order valence-electron chi connectivity index (χ3n) is 3.19. The van der Waals surface area contributed by atoms with Crippen LogP contribution in [0.1, 0.15) is 16.1 Å². The van der Waals surface area contributed by atoms with E-state index in [-0.39, 0.29) is 5.69 Å². The largest absolute Gasteiger partial charge is 0.476 e. The Bertz CT molecular complexity index is 757. The van der Waals surface area contributed by atoms with E-state index in [4.69, 9.17) is 5.11 Å². The van der Waals surface area contributed by atoms with Crippen molar-refractivity contribution in [2.24, 2.45) is 0 Å². The van der Waals surface area contributed by atoms with Gasteiger partial charge in [0, 0.05) is 11.1 Å². The van der Waals surface area contributed by atoms with Gasteiger partial charge in [-0.05, 0) is 17.7 Å². The minimum Gasteiger partial charge on any atom is -0.476 e. The van der Waals surface area contributed by atoms with Gasteiger partial charge >= 0.3 is 5.97 Å². The molecule has 110 valence electrons. The molecule has 2 aromatic carbocycles. The number of anilines is 2. The van der Waals surface area contributed by atoms with Gasteiger partial charge in [-0.1, -0.05) is 48.5 Å². The lowest BCUT2D eigenvalue weighted by Crippen LogP contribution is -2.16. The fourth-order valence-electron chi connectivity index (χ4n) is 2.13. The summed E-state index contributed by atoms with van der Waals surface area (Å²) >= 11 is 1.33. The van der Waals surface area contributed by atoms with E-state index in [1.807, 2.05) is 65.6 Å². The number of carbonyl (C=O) groups is 1. The predicted molar refractivity (Wildman–Crippen MR) is 87.8 cm³/mol. The average Bonchev–Trinajstić information content (AvgIpc) is 3.04. The zero-order valence-electron chi connectivity index (χ0n) is 11.7. The minimum atomic E-state index is -1.00. The topological polar surface area (TPSA) is 53.4 Å². The number of nitrogens with zero attached hydrogens (tertiary/aromatic N) is 2. The lowest BCUT2D eigenvalue weighted by molar-refractivity contribution is 0.0691. The van der Waals surface area contributed by atoms with Crippen molar-refractivity contribution in [3.8, 4) is 0 Å². The second-order valence-corrected chi connectivity index (χ2v) is 5.56. The molecular weight excluding hydrogens is 296 g/mol. The maximum atomic E-state index is 11.1. The maximum absolute atomic E-state index is 11.1. The quantitative estimate of drug-likeness (QED) is 0.768. The summed E-state index contributed by atoms with van der Waals surface area (Å²) in [5, 5.41) is 11.3. The summed E-state index contributed by atoms with van der Waals surface area (Å²) in [6.45, 7) is 0.636. The highest BCUT2D eigenvalue weighted by atomic mass is 32.1. The Morgan fingerprint density at radius 1 is 1.05 bits per heavy atom. The van der Waals surface area contributed by atoms with E-state index in [1.165, 1.54) is 11.3 Å². The first-order chi connectivity index (χ1) is 10.7. The van der Waals surface area contributed by atoms with Crippen LogP contribution in [0.4, 0.5) is 10.8 Å². The molecule has 0 fully saturated rings. The minimum absolute atomic E-state index is 0.0778. The number of hydrogen-bond donors (Lipinski definition) is 1. The van der Waals surface area contributed by atoms with Crippen LogP contribution in [0, 0.1) is 0 Å². The van der Waals surface area contributed by atoms with E-state index in [9.17, 15) is 4.79 Å². The number of carboxylic acid groups (broad SMARTS) is 1. The normalized spacial score (nSPS) is 10.4. The molecule has 0 bridgehead atoms. The standard InChI is InChI=1S/C17H14N2O2S/c20-16(21)15-12-22-17(18-15)19(14-9-5-2-6-10-14)11-13-7-3-1-4-8-13/h1-10,12H,11H2,(H,20,21). The molecule has 0 spiro atoms. The fraction of sp³-hybridized carbons (Fsp3) is 0.0588. The zero-order valence-corrected chi connectivity index (χ0v) is 12.5. The van der Waals surface area contributed by atoms with E-state index in [0.29, 0.717) is 11.7 Å². The molecule has 3 rings (SSSR count). The van der Waals surface area contributed by atoms with Crippen LogP contribution in [0.2, 0.25) is 0 Å². The van der Waals surface area contributed by atoms with Crippen molar-refractivity contribution in [3.05, 3.63) is 77.3 Å². The molecule has 0 aliphatic rings. The van der Waals surface area contributed by atoms with Gasteiger partial charge in [0.15, 0.2) is 10.8 Å². The van der Waals surface area contributed by atoms with Crippen molar-refractivity contribution in [1.82, 2.24) is 4.98 Å². The number of hydrogen-bond acceptors (Lipinski definition) is 4. The van der Waals surface area contributed by atoms with Crippen molar-refractivity contribution < 1.29 is 9.90 Å². The molecule has 5 heteroatoms. The molecule has 0 unspecified atom stereocenters. The van der Waals surface area contributed by atoms with E-state index in [2.05, 4.69) is 4.98 Å². The number of aromatic carboxylic acids is 1.